The molecule has 1 aromatic carbocycles. The van der Waals surface area contributed by atoms with E-state index < -0.39 is 64.1 Å². The monoisotopic (exact) mass is 541 g/mol. The highest BCUT2D eigenvalue weighted by Gasteiger charge is 2.79. The molecule has 2 rings (SSSR count). The van der Waals surface area contributed by atoms with E-state index in [1.54, 1.807) is 0 Å². The molecular weight excluding hydrogens is 532 g/mol. The molecule has 0 N–H and O–H groups in total. The van der Waals surface area contributed by atoms with Crippen molar-refractivity contribution in [3.05, 3.63) is 39.7 Å². The molecule has 0 spiro atoms. The number of ether oxygens (including phenoxy) is 1. The number of nitrogens with zero attached hydrogens (tertiary/aromatic N) is 1. The van der Waals surface area contributed by atoms with Gasteiger partial charge in [-0.2, -0.15) is 61.5 Å². The van der Waals surface area contributed by atoms with Crippen LogP contribution in [0.15, 0.2) is 27.4 Å². The number of fused-ring (bicyclic) bond motifs is 1. The van der Waals surface area contributed by atoms with Gasteiger partial charge < -0.3 is 9.32 Å². The summed E-state index contributed by atoms with van der Waals surface area (Å²) in [6.45, 7) is 0. The van der Waals surface area contributed by atoms with Gasteiger partial charge in [0.2, 0.25) is 0 Å². The van der Waals surface area contributed by atoms with Crippen molar-refractivity contribution in [2.24, 2.45) is 0 Å². The van der Waals surface area contributed by atoms with Crippen LogP contribution in [0.4, 0.5) is 67.2 Å². The van der Waals surface area contributed by atoms with Crippen molar-refractivity contribution in [3.8, 4) is 0 Å². The normalized spacial score (nSPS) is 15.9. The van der Waals surface area contributed by atoms with E-state index in [4.69, 9.17) is 0 Å². The Morgan fingerprint density at radius 3 is 1.69 bits per heavy atom. The third-order valence-electron chi connectivity index (χ3n) is 4.37. The fraction of sp³-hybridized carbons (Fsp3) is 0.471. The van der Waals surface area contributed by atoms with Crippen molar-refractivity contribution in [3.63, 3.8) is 0 Å². The van der Waals surface area contributed by atoms with Crippen molar-refractivity contribution in [2.45, 2.75) is 36.4 Å². The maximum Gasteiger partial charge on any atom is 0.462 e. The van der Waals surface area contributed by atoms with Gasteiger partial charge in [0.05, 0.1) is 5.56 Å². The summed E-state index contributed by atoms with van der Waals surface area (Å²) >= 11 is 0. The summed E-state index contributed by atoms with van der Waals surface area (Å²) in [7, 11) is 2.62. The topological polar surface area (TPSA) is 42.7 Å². The van der Waals surface area contributed by atoms with Crippen LogP contribution in [0, 0.1) is 0 Å². The molecule has 198 valence electrons. The fourth-order valence-corrected chi connectivity index (χ4v) is 2.71. The zero-order chi connectivity index (χ0) is 27.6. The number of anilines is 1. The minimum atomic E-state index is -7.54. The van der Waals surface area contributed by atoms with E-state index in [1.807, 2.05) is 0 Å². The lowest BCUT2D eigenvalue weighted by atomic mass is 9.97. The van der Waals surface area contributed by atoms with E-state index >= 15 is 0 Å². The molecular formula is C17H9F14NO3. The van der Waals surface area contributed by atoms with Crippen molar-refractivity contribution < 1.29 is 70.6 Å². The van der Waals surface area contributed by atoms with Gasteiger partial charge >= 0.3 is 42.0 Å². The van der Waals surface area contributed by atoms with Gasteiger partial charge in [-0.3, -0.25) is 4.74 Å². The molecule has 1 atom stereocenters. The van der Waals surface area contributed by atoms with Crippen molar-refractivity contribution in [1.29, 1.82) is 0 Å². The molecule has 1 aromatic heterocycles. The van der Waals surface area contributed by atoms with Gasteiger partial charge in [-0.15, -0.1) is 0 Å². The van der Waals surface area contributed by atoms with Crippen LogP contribution < -0.4 is 10.5 Å². The highest BCUT2D eigenvalue weighted by atomic mass is 19.4. The minimum absolute atomic E-state index is 0.0311. The lowest BCUT2D eigenvalue weighted by Gasteiger charge is -2.35. The maximum atomic E-state index is 14.9. The summed E-state index contributed by atoms with van der Waals surface area (Å²) in [4.78, 5) is 13.2. The Hall–Kier alpha value is -2.79. The molecule has 0 saturated carbocycles. The molecule has 18 heteroatoms. The summed E-state index contributed by atoms with van der Waals surface area (Å²) in [5.74, 6) is -14.4. The second kappa shape index (κ2) is 8.12. The molecule has 2 aromatic rings. The first-order valence-electron chi connectivity index (χ1n) is 8.52. The van der Waals surface area contributed by atoms with E-state index in [9.17, 15) is 66.3 Å². The first kappa shape index (κ1) is 28.4. The van der Waals surface area contributed by atoms with Gasteiger partial charge in [-0.05, 0) is 12.1 Å². The maximum absolute atomic E-state index is 14.9. The van der Waals surface area contributed by atoms with Crippen molar-refractivity contribution in [2.75, 3.05) is 19.0 Å². The first-order chi connectivity index (χ1) is 15.4. The Morgan fingerprint density at radius 1 is 0.771 bits per heavy atom. The number of alkyl halides is 14. The Morgan fingerprint density at radius 2 is 1.29 bits per heavy atom. The van der Waals surface area contributed by atoms with Gasteiger partial charge in [-0.25, -0.2) is 4.79 Å². The molecule has 0 aliphatic carbocycles. The lowest BCUT2D eigenvalue weighted by Crippen LogP contribution is -2.59. The van der Waals surface area contributed by atoms with Gasteiger partial charge in [0.1, 0.15) is 11.1 Å². The second-order valence-electron chi connectivity index (χ2n) is 7.00. The predicted octanol–water partition coefficient (Wildman–Crippen LogP) is 6.37. The number of halogens is 14. The highest BCUT2D eigenvalue weighted by molar-refractivity contribution is 5.85. The molecule has 0 bridgehead atoms. The molecule has 1 unspecified atom stereocenters. The SMILES string of the molecule is CN(C)c1ccc2c(C(F)(F)F)c(C(F)(OC(F)(F)C(F)(F)C(F)(F)F)C(F)(F)F)c(=O)oc2c1. The van der Waals surface area contributed by atoms with Gasteiger partial charge in [0.25, 0.3) is 0 Å². The molecule has 0 saturated heterocycles. The zero-order valence-electron chi connectivity index (χ0n) is 16.7. The Kier molecular flexibility index (Phi) is 6.60. The largest absolute Gasteiger partial charge is 0.462 e. The molecule has 0 aliphatic rings. The van der Waals surface area contributed by atoms with Gasteiger partial charge in [-0.1, -0.05) is 0 Å². The minimum Gasteiger partial charge on any atom is -0.422 e. The summed E-state index contributed by atoms with van der Waals surface area (Å²) in [5, 5.41) is -1.56. The number of hydrogen-bond donors (Lipinski definition) is 0. The van der Waals surface area contributed by atoms with Crippen LogP contribution in [-0.4, -0.2) is 38.5 Å². The Balaban J connectivity index is 3.01. The average molecular weight is 541 g/mol. The van der Waals surface area contributed by atoms with Crippen molar-refractivity contribution >= 4 is 16.7 Å². The van der Waals surface area contributed by atoms with Crippen LogP contribution in [0.3, 0.4) is 0 Å². The third kappa shape index (κ3) is 4.71. The van der Waals surface area contributed by atoms with Gasteiger partial charge in [0, 0.05) is 31.2 Å². The summed E-state index contributed by atoms with van der Waals surface area (Å²) < 4.78 is 193. The molecule has 0 aliphatic heterocycles. The molecule has 35 heavy (non-hydrogen) atoms. The fourth-order valence-electron chi connectivity index (χ4n) is 2.71. The van der Waals surface area contributed by atoms with E-state index in [1.165, 1.54) is 19.0 Å². The molecule has 0 amide bonds. The van der Waals surface area contributed by atoms with E-state index in [0.717, 1.165) is 6.07 Å². The van der Waals surface area contributed by atoms with Crippen LogP contribution in [0.5, 0.6) is 0 Å². The van der Waals surface area contributed by atoms with Crippen LogP contribution in [0.2, 0.25) is 0 Å². The summed E-state index contributed by atoms with van der Waals surface area (Å²) in [5.41, 5.74) is -10.6. The van der Waals surface area contributed by atoms with E-state index in [0.29, 0.717) is 12.1 Å². The summed E-state index contributed by atoms with van der Waals surface area (Å²) in [6, 6.07) is 1.72. The van der Waals surface area contributed by atoms with Crippen LogP contribution >= 0.6 is 0 Å². The van der Waals surface area contributed by atoms with E-state index in [2.05, 4.69) is 9.15 Å². The highest BCUT2D eigenvalue weighted by Crippen LogP contribution is 2.55. The quantitative estimate of drug-likeness (QED) is 0.326. The molecule has 1 heterocycles. The molecule has 4 nitrogen and oxygen atoms in total. The first-order valence-corrected chi connectivity index (χ1v) is 8.52. The third-order valence-corrected chi connectivity index (χ3v) is 4.37. The van der Waals surface area contributed by atoms with Crippen LogP contribution in [0.1, 0.15) is 11.1 Å². The Bertz CT molecular complexity index is 1160. The number of benzene rings is 1. The lowest BCUT2D eigenvalue weighted by molar-refractivity contribution is -0.488. The van der Waals surface area contributed by atoms with Crippen molar-refractivity contribution in [1.82, 2.24) is 0 Å². The average Bonchev–Trinajstić information content (AvgIpc) is 2.62. The predicted molar refractivity (Wildman–Crippen MR) is 87.7 cm³/mol. The zero-order valence-corrected chi connectivity index (χ0v) is 16.7. The summed E-state index contributed by atoms with van der Waals surface area (Å²) in [6.07, 6.45) is -28.2. The standard InChI is InChI=1S/C17H9F14NO3/c1-32(2)6-3-4-7-8(5-6)34-11(33)10(9(7)13(19,20)21)12(18,15(24,25)26)35-17(30,31)14(22,23)16(27,28)29/h3-5H,1-2H3. The molecule has 0 fully saturated rings. The number of rotatable bonds is 5. The van der Waals surface area contributed by atoms with Crippen LogP contribution in [-0.2, 0) is 16.8 Å². The smallest absolute Gasteiger partial charge is 0.422 e. The second-order valence-corrected chi connectivity index (χ2v) is 7.00. The van der Waals surface area contributed by atoms with Crippen LogP contribution in [0.25, 0.3) is 11.0 Å². The van der Waals surface area contributed by atoms with E-state index in [-0.39, 0.29) is 5.69 Å². The molecule has 0 radical (unpaired) electrons. The Labute approximate surface area is 183 Å². The van der Waals surface area contributed by atoms with Gasteiger partial charge in [0.15, 0.2) is 0 Å². The number of hydrogen-bond acceptors (Lipinski definition) is 4.